The minimum absolute atomic E-state index is 0.0259. The number of nitrogens with zero attached hydrogens (tertiary/aromatic N) is 2. The lowest BCUT2D eigenvalue weighted by molar-refractivity contribution is -0.151. The number of amides is 4. The summed E-state index contributed by atoms with van der Waals surface area (Å²) in [5.41, 5.74) is -3.42. The van der Waals surface area contributed by atoms with Crippen LogP contribution < -0.4 is 20.1 Å². The zero-order valence-electron chi connectivity index (χ0n) is 33.2. The molecule has 17 heteroatoms. The molecule has 2 unspecified atom stereocenters. The summed E-state index contributed by atoms with van der Waals surface area (Å²) in [5.74, 6) is -4.11. The highest BCUT2D eigenvalue weighted by Crippen LogP contribution is 2.49. The minimum atomic E-state index is -4.87. The van der Waals surface area contributed by atoms with Crippen molar-refractivity contribution in [1.29, 1.82) is 0 Å². The maximum Gasteiger partial charge on any atom is 0.437 e. The molecule has 58 heavy (non-hydrogen) atoms. The van der Waals surface area contributed by atoms with Crippen LogP contribution in [0.2, 0.25) is 0 Å². The Labute approximate surface area is 336 Å². The van der Waals surface area contributed by atoms with E-state index in [0.717, 1.165) is 12.8 Å². The number of likely N-dealkylation sites (tertiary alicyclic amines) is 1. The number of pyridine rings is 1. The van der Waals surface area contributed by atoms with Gasteiger partial charge in [0.25, 0.3) is 5.91 Å². The molecule has 2 aliphatic heterocycles. The van der Waals surface area contributed by atoms with Crippen LogP contribution in [0.1, 0.15) is 96.7 Å². The Hall–Kier alpha value is -4.67. The van der Waals surface area contributed by atoms with Gasteiger partial charge in [0, 0.05) is 35.8 Å². The number of alkyl halides is 3. The Kier molecular flexibility index (Phi) is 11.7. The molecule has 13 nitrogen and oxygen atoms in total. The van der Waals surface area contributed by atoms with Crippen LogP contribution in [0.3, 0.4) is 0 Å². The van der Waals surface area contributed by atoms with Crippen molar-refractivity contribution >= 4 is 44.7 Å². The maximum absolute atomic E-state index is 14.8. The van der Waals surface area contributed by atoms with Gasteiger partial charge in [-0.15, -0.1) is 13.2 Å². The Morgan fingerprint density at radius 1 is 1.10 bits per heavy atom. The highest BCUT2D eigenvalue weighted by molar-refractivity contribution is 7.91. The van der Waals surface area contributed by atoms with Crippen LogP contribution in [0, 0.1) is 11.8 Å². The van der Waals surface area contributed by atoms with E-state index in [1.54, 1.807) is 45.0 Å². The molecule has 1 aromatic heterocycles. The van der Waals surface area contributed by atoms with E-state index in [-0.39, 0.29) is 43.3 Å². The Bertz CT molecular complexity index is 2100. The Morgan fingerprint density at radius 3 is 2.43 bits per heavy atom. The van der Waals surface area contributed by atoms with Gasteiger partial charge < -0.3 is 25.0 Å². The molecule has 4 aliphatic rings. The highest BCUT2D eigenvalue weighted by Gasteiger charge is 2.63. The highest BCUT2D eigenvalue weighted by atomic mass is 32.2. The zero-order chi connectivity index (χ0) is 42.4. The summed E-state index contributed by atoms with van der Waals surface area (Å²) < 4.78 is 82.3. The third-order valence-corrected chi connectivity index (χ3v) is 13.8. The monoisotopic (exact) mass is 831 g/mol. The molecule has 3 fully saturated rings. The lowest BCUT2D eigenvalue weighted by Crippen LogP contribution is -2.65. The molecule has 2 aromatic rings. The molecule has 2 aliphatic carbocycles. The number of unbranched alkanes of at least 4 members (excludes halogenated alkanes) is 3. The van der Waals surface area contributed by atoms with Crippen molar-refractivity contribution in [2.24, 2.45) is 11.8 Å². The number of para-hydroxylation sites is 1. The van der Waals surface area contributed by atoms with Crippen molar-refractivity contribution in [2.75, 3.05) is 6.54 Å². The summed E-state index contributed by atoms with van der Waals surface area (Å²) in [4.78, 5) is 61.4. The number of carbonyl (C=O) groups excluding carboxylic acids is 4. The Morgan fingerprint density at radius 2 is 1.81 bits per heavy atom. The van der Waals surface area contributed by atoms with Crippen LogP contribution in [0.5, 0.6) is 5.75 Å². The average molecular weight is 832 g/mol. The van der Waals surface area contributed by atoms with Crippen LogP contribution in [-0.2, 0) is 41.7 Å². The molecular weight excluding hydrogens is 780 g/mol. The van der Waals surface area contributed by atoms with E-state index < -0.39 is 97.4 Å². The number of piperidine rings is 1. The summed E-state index contributed by atoms with van der Waals surface area (Å²) >= 11 is 0. The number of aromatic nitrogens is 1. The fraction of sp³-hybridized carbons (Fsp3) is 0.585. The van der Waals surface area contributed by atoms with Gasteiger partial charge in [0.05, 0.1) is 10.3 Å². The average Bonchev–Trinajstić information content (AvgIpc) is 4.07. The van der Waals surface area contributed by atoms with Crippen LogP contribution in [0.15, 0.2) is 49.6 Å². The van der Waals surface area contributed by atoms with Gasteiger partial charge in [-0.2, -0.15) is 13.2 Å². The van der Waals surface area contributed by atoms with Gasteiger partial charge in [0.1, 0.15) is 29.3 Å². The van der Waals surface area contributed by atoms with Crippen LogP contribution in [0.4, 0.5) is 18.0 Å². The predicted octanol–water partition coefficient (Wildman–Crippen LogP) is 5.86. The van der Waals surface area contributed by atoms with E-state index in [0.29, 0.717) is 31.1 Å². The van der Waals surface area contributed by atoms with Crippen molar-refractivity contribution in [1.82, 2.24) is 25.2 Å². The number of nitrogens with one attached hydrogen (secondary N) is 3. The van der Waals surface area contributed by atoms with Gasteiger partial charge in [-0.3, -0.25) is 19.1 Å². The molecule has 4 amide bonds. The van der Waals surface area contributed by atoms with Crippen LogP contribution in [0.25, 0.3) is 10.9 Å². The second-order valence-corrected chi connectivity index (χ2v) is 19.4. The number of halogens is 3. The van der Waals surface area contributed by atoms with Crippen molar-refractivity contribution in [3.63, 3.8) is 0 Å². The molecule has 2 saturated carbocycles. The van der Waals surface area contributed by atoms with Crippen molar-refractivity contribution in [2.45, 2.75) is 132 Å². The van der Waals surface area contributed by atoms with Crippen molar-refractivity contribution in [3.05, 3.63) is 60.8 Å². The molecule has 0 bridgehead atoms. The van der Waals surface area contributed by atoms with Crippen LogP contribution in [-0.4, -0.2) is 82.7 Å². The first kappa shape index (κ1) is 42.9. The number of sulfonamides is 1. The second-order valence-electron chi connectivity index (χ2n) is 17.2. The first-order chi connectivity index (χ1) is 27.1. The van der Waals surface area contributed by atoms with Gasteiger partial charge in [0.15, 0.2) is 11.4 Å². The number of carbonyl (C=O) groups is 4. The van der Waals surface area contributed by atoms with Gasteiger partial charge >= 0.3 is 12.3 Å². The van der Waals surface area contributed by atoms with E-state index >= 15 is 0 Å². The molecule has 1 aromatic carbocycles. The van der Waals surface area contributed by atoms with Crippen molar-refractivity contribution < 1.29 is 50.2 Å². The van der Waals surface area contributed by atoms with Gasteiger partial charge in [-0.05, 0) is 78.7 Å². The number of hydrogen-bond acceptors (Lipinski definition) is 9. The molecule has 3 heterocycles. The number of allylic oxidation sites excluding steroid dienone is 1. The van der Waals surface area contributed by atoms with Crippen molar-refractivity contribution in [3.8, 4) is 5.75 Å². The standard InChI is InChI=1S/C41H52F3N5O8S/c1-7-9-10-11-12-17-29(46-37(53)57-38(3,4)5)35(51)49-23-24-20-27-26-15-13-14-16-28(26)45-33(41(42,43)44)32(27)56-31(24)21-30(49)34(50)47-40(22-25(40)8-2)36(52)48-58(54,55)39(6)18-19-39/h7-8,13-16,24-25,29-31H,1-2,9-12,17-23H2,3-6H3,(H,46,53)(H,47,50)(H,48,52)/t24?,25-,29+,30+,31?,40-/m1/s1. The largest absolute Gasteiger partial charge is 0.487 e. The summed E-state index contributed by atoms with van der Waals surface area (Å²) in [6.07, 6.45) is -0.0558. The molecule has 6 atom stereocenters. The fourth-order valence-electron chi connectivity index (χ4n) is 7.91. The predicted molar refractivity (Wildman–Crippen MR) is 209 cm³/mol. The van der Waals surface area contributed by atoms with E-state index in [2.05, 4.69) is 33.5 Å². The normalized spacial score (nSPS) is 25.2. The quantitative estimate of drug-likeness (QED) is 0.156. The first-order valence-corrected chi connectivity index (χ1v) is 21.2. The van der Waals surface area contributed by atoms with E-state index in [4.69, 9.17) is 9.47 Å². The first-order valence-electron chi connectivity index (χ1n) is 19.7. The summed E-state index contributed by atoms with van der Waals surface area (Å²) in [5, 5.41) is 5.86. The summed E-state index contributed by atoms with van der Waals surface area (Å²) in [6.45, 7) is 13.9. The molecule has 6 rings (SSSR count). The topological polar surface area (TPSA) is 173 Å². The SMILES string of the molecule is C=CCCCCC[C@H](NC(=O)OC(C)(C)C)C(=O)N1CC2Cc3c(c(C(F)(F)F)nc4ccccc34)OC2C[C@H]1C(=O)N[C@]1(C(=O)NS(=O)(=O)C2(C)CC2)C[C@H]1C=C. The number of rotatable bonds is 14. The minimum Gasteiger partial charge on any atom is -0.487 e. The molecule has 0 spiro atoms. The third-order valence-electron chi connectivity index (χ3n) is 11.6. The Balaban J connectivity index is 1.36. The third kappa shape index (κ3) is 8.83. The fourth-order valence-corrected chi connectivity index (χ4v) is 9.22. The molecule has 316 valence electrons. The number of fused-ring (bicyclic) bond motifs is 4. The van der Waals surface area contributed by atoms with Gasteiger partial charge in [0.2, 0.25) is 21.8 Å². The second kappa shape index (κ2) is 15.8. The molecule has 0 radical (unpaired) electrons. The molecular formula is C41H52F3N5O8S. The van der Waals surface area contributed by atoms with Gasteiger partial charge in [-0.1, -0.05) is 43.2 Å². The lowest BCUT2D eigenvalue weighted by Gasteiger charge is -2.47. The summed E-state index contributed by atoms with van der Waals surface area (Å²) in [7, 11) is -4.10. The lowest BCUT2D eigenvalue weighted by atomic mass is 9.81. The number of ether oxygens (including phenoxy) is 2. The number of alkyl carbamates (subject to hydrolysis) is 1. The van der Waals surface area contributed by atoms with Crippen LogP contribution >= 0.6 is 0 Å². The smallest absolute Gasteiger partial charge is 0.437 e. The maximum atomic E-state index is 14.8. The van der Waals surface area contributed by atoms with E-state index in [1.807, 2.05) is 0 Å². The molecule has 3 N–H and O–H groups in total. The number of hydrogen-bond donors (Lipinski definition) is 3. The number of benzene rings is 1. The van der Waals surface area contributed by atoms with E-state index in [9.17, 15) is 40.8 Å². The zero-order valence-corrected chi connectivity index (χ0v) is 34.1. The van der Waals surface area contributed by atoms with E-state index in [1.165, 1.54) is 24.0 Å². The summed E-state index contributed by atoms with van der Waals surface area (Å²) in [6, 6.07) is 3.83. The van der Waals surface area contributed by atoms with Gasteiger partial charge in [-0.25, -0.2) is 18.2 Å². The molecule has 1 saturated heterocycles.